The Labute approximate surface area is 245 Å². The molecule has 0 saturated carbocycles. The molecular formula is C31H39N5O6. The molecular weight excluding hydrogens is 538 g/mol. The molecule has 4 amide bonds. The van der Waals surface area contributed by atoms with E-state index in [4.69, 9.17) is 15.2 Å². The zero-order chi connectivity index (χ0) is 30.5. The fourth-order valence-corrected chi connectivity index (χ4v) is 4.22. The molecule has 0 saturated heterocycles. The number of nitrogens with one attached hydrogen (secondary N) is 4. The van der Waals surface area contributed by atoms with Crippen LogP contribution in [0.2, 0.25) is 0 Å². The Bertz CT molecular complexity index is 1370. The zero-order valence-corrected chi connectivity index (χ0v) is 24.1. The Hall–Kier alpha value is -4.64. The molecule has 0 aliphatic heterocycles. The highest BCUT2D eigenvalue weighted by Crippen LogP contribution is 2.29. The maximum absolute atomic E-state index is 13.3. The summed E-state index contributed by atoms with van der Waals surface area (Å²) in [6.07, 6.45) is 0.883. The van der Waals surface area contributed by atoms with Crippen LogP contribution >= 0.6 is 0 Å². The molecule has 6 N–H and O–H groups in total. The summed E-state index contributed by atoms with van der Waals surface area (Å²) in [6.45, 7) is 3.48. The molecule has 0 aromatic heterocycles. The lowest BCUT2D eigenvalue weighted by Gasteiger charge is -2.22. The standard InChI is InChI=1S/C31H39N5O6/c1-20(33-28(37)21(2)34-31(40)42-19-22-11-5-4-6-12-22)29(38)36-26(15-9-10-16-32)30(39)35-24-17-23-13-7-8-14-25(23)27(18-24)41-3/h4-8,11-14,17-18,20-21,26H,9-10,15-16,19,32H2,1-3H3,(H,33,37)(H,34,40)(H,35,39)(H,36,38). The number of hydrogen-bond donors (Lipinski definition) is 5. The normalized spacial score (nSPS) is 12.9. The van der Waals surface area contributed by atoms with Crippen LogP contribution < -0.4 is 31.7 Å². The highest BCUT2D eigenvalue weighted by atomic mass is 16.5. The van der Waals surface area contributed by atoms with E-state index in [0.29, 0.717) is 37.2 Å². The van der Waals surface area contributed by atoms with Gasteiger partial charge in [0.25, 0.3) is 0 Å². The molecule has 11 nitrogen and oxygen atoms in total. The lowest BCUT2D eigenvalue weighted by Crippen LogP contribution is -2.54. The van der Waals surface area contributed by atoms with Gasteiger partial charge in [0.2, 0.25) is 17.7 Å². The van der Waals surface area contributed by atoms with Gasteiger partial charge in [0.05, 0.1) is 7.11 Å². The zero-order valence-electron chi connectivity index (χ0n) is 24.1. The first-order chi connectivity index (χ1) is 20.2. The van der Waals surface area contributed by atoms with E-state index >= 15 is 0 Å². The number of methoxy groups -OCH3 is 1. The van der Waals surface area contributed by atoms with Crippen LogP contribution in [0.4, 0.5) is 10.5 Å². The lowest BCUT2D eigenvalue weighted by atomic mass is 10.1. The molecule has 0 aliphatic rings. The van der Waals surface area contributed by atoms with Crippen LogP contribution in [0.3, 0.4) is 0 Å². The van der Waals surface area contributed by atoms with E-state index in [1.165, 1.54) is 13.8 Å². The summed E-state index contributed by atoms with van der Waals surface area (Å²) in [5, 5.41) is 12.4. The van der Waals surface area contributed by atoms with Crippen LogP contribution in [0, 0.1) is 0 Å². The fraction of sp³-hybridized carbons (Fsp3) is 0.355. The first-order valence-electron chi connectivity index (χ1n) is 13.9. The summed E-state index contributed by atoms with van der Waals surface area (Å²) >= 11 is 0. The molecule has 0 spiro atoms. The Morgan fingerprint density at radius 3 is 2.19 bits per heavy atom. The SMILES string of the molecule is COc1cc(NC(=O)C(CCCCN)NC(=O)C(C)NC(=O)C(C)NC(=O)OCc2ccccc2)cc2ccccc12. The smallest absolute Gasteiger partial charge is 0.408 e. The number of unbranched alkanes of at least 4 members (excludes halogenated alkanes) is 1. The number of benzene rings is 3. The second kappa shape index (κ2) is 16.0. The van der Waals surface area contributed by atoms with Crippen molar-refractivity contribution in [1.29, 1.82) is 0 Å². The van der Waals surface area contributed by atoms with Crippen LogP contribution in [-0.4, -0.2) is 55.6 Å². The van der Waals surface area contributed by atoms with Gasteiger partial charge in [-0.25, -0.2) is 4.79 Å². The molecule has 3 aromatic rings. The van der Waals surface area contributed by atoms with Crippen LogP contribution in [-0.2, 0) is 25.7 Å². The van der Waals surface area contributed by atoms with E-state index in [0.717, 1.165) is 16.3 Å². The second-order valence-electron chi connectivity index (χ2n) is 9.89. The van der Waals surface area contributed by atoms with Crippen molar-refractivity contribution < 1.29 is 28.7 Å². The third-order valence-corrected chi connectivity index (χ3v) is 6.58. The molecule has 3 atom stereocenters. The van der Waals surface area contributed by atoms with Crippen molar-refractivity contribution in [2.24, 2.45) is 5.73 Å². The minimum atomic E-state index is -0.979. The molecule has 224 valence electrons. The number of nitrogens with two attached hydrogens (primary N) is 1. The van der Waals surface area contributed by atoms with Crippen LogP contribution in [0.5, 0.6) is 5.75 Å². The first kappa shape index (κ1) is 31.9. The summed E-state index contributed by atoms with van der Waals surface area (Å²) in [5.74, 6) is -0.935. The molecule has 0 aliphatic carbocycles. The van der Waals surface area contributed by atoms with E-state index in [9.17, 15) is 19.2 Å². The molecule has 0 heterocycles. The molecule has 3 unspecified atom stereocenters. The number of carbonyl (C=O) groups is 4. The number of fused-ring (bicyclic) bond motifs is 1. The quantitative estimate of drug-likeness (QED) is 0.184. The summed E-state index contributed by atoms with van der Waals surface area (Å²) in [5.41, 5.74) is 6.95. The van der Waals surface area contributed by atoms with Crippen LogP contribution in [0.25, 0.3) is 10.8 Å². The molecule has 3 aromatic carbocycles. The molecule has 0 bridgehead atoms. The van der Waals surface area contributed by atoms with Gasteiger partial charge < -0.3 is 36.5 Å². The van der Waals surface area contributed by atoms with Crippen molar-refractivity contribution in [2.45, 2.75) is 57.8 Å². The van der Waals surface area contributed by atoms with Gasteiger partial charge in [-0.1, -0.05) is 54.6 Å². The number of amides is 4. The average molecular weight is 578 g/mol. The van der Waals surface area contributed by atoms with Crippen molar-refractivity contribution in [3.05, 3.63) is 72.3 Å². The number of hydrogen-bond acceptors (Lipinski definition) is 7. The molecule has 3 rings (SSSR count). The van der Waals surface area contributed by atoms with Crippen LogP contribution in [0.1, 0.15) is 38.7 Å². The Morgan fingerprint density at radius 1 is 0.810 bits per heavy atom. The van der Waals surface area contributed by atoms with Gasteiger partial charge in [-0.15, -0.1) is 0 Å². The van der Waals surface area contributed by atoms with E-state index in [1.807, 2.05) is 60.7 Å². The number of anilines is 1. The van der Waals surface area contributed by atoms with Crippen LogP contribution in [0.15, 0.2) is 66.7 Å². The Kier molecular flexibility index (Phi) is 12.1. The summed E-state index contributed by atoms with van der Waals surface area (Å²) in [4.78, 5) is 51.0. The summed E-state index contributed by atoms with van der Waals surface area (Å²) < 4.78 is 10.6. The Balaban J connectivity index is 1.57. The maximum Gasteiger partial charge on any atom is 0.408 e. The average Bonchev–Trinajstić information content (AvgIpc) is 2.99. The maximum atomic E-state index is 13.3. The molecule has 42 heavy (non-hydrogen) atoms. The van der Waals surface area contributed by atoms with E-state index in [2.05, 4.69) is 21.3 Å². The highest BCUT2D eigenvalue weighted by Gasteiger charge is 2.26. The predicted molar refractivity (Wildman–Crippen MR) is 161 cm³/mol. The second-order valence-corrected chi connectivity index (χ2v) is 9.89. The third kappa shape index (κ3) is 9.48. The lowest BCUT2D eigenvalue weighted by molar-refractivity contribution is -0.131. The predicted octanol–water partition coefficient (Wildman–Crippen LogP) is 3.22. The van der Waals surface area contributed by atoms with Crippen molar-refractivity contribution in [3.63, 3.8) is 0 Å². The third-order valence-electron chi connectivity index (χ3n) is 6.58. The summed E-state index contributed by atoms with van der Waals surface area (Å²) in [6, 6.07) is 17.5. The minimum Gasteiger partial charge on any atom is -0.496 e. The van der Waals surface area contributed by atoms with E-state index in [-0.39, 0.29) is 6.61 Å². The fourth-order valence-electron chi connectivity index (χ4n) is 4.22. The largest absolute Gasteiger partial charge is 0.496 e. The summed E-state index contributed by atoms with van der Waals surface area (Å²) in [7, 11) is 1.56. The van der Waals surface area contributed by atoms with E-state index in [1.54, 1.807) is 13.2 Å². The van der Waals surface area contributed by atoms with Crippen molar-refractivity contribution in [2.75, 3.05) is 19.0 Å². The minimum absolute atomic E-state index is 0.0550. The number of alkyl carbamates (subject to hydrolysis) is 1. The first-order valence-corrected chi connectivity index (χ1v) is 13.9. The van der Waals surface area contributed by atoms with Gasteiger partial charge in [0, 0.05) is 17.1 Å². The Morgan fingerprint density at radius 2 is 1.48 bits per heavy atom. The topological polar surface area (TPSA) is 161 Å². The number of ether oxygens (including phenoxy) is 2. The number of carbonyl (C=O) groups excluding carboxylic acids is 4. The monoisotopic (exact) mass is 577 g/mol. The molecule has 0 fully saturated rings. The van der Waals surface area contributed by atoms with Gasteiger partial charge in [0.15, 0.2) is 0 Å². The number of rotatable bonds is 14. The highest BCUT2D eigenvalue weighted by molar-refractivity contribution is 6.01. The van der Waals surface area contributed by atoms with Gasteiger partial charge in [0.1, 0.15) is 30.5 Å². The van der Waals surface area contributed by atoms with Crippen molar-refractivity contribution in [1.82, 2.24) is 16.0 Å². The van der Waals surface area contributed by atoms with Crippen molar-refractivity contribution >= 4 is 40.3 Å². The molecule has 0 radical (unpaired) electrons. The van der Waals surface area contributed by atoms with Gasteiger partial charge in [-0.05, 0) is 56.7 Å². The van der Waals surface area contributed by atoms with Gasteiger partial charge in [-0.3, -0.25) is 14.4 Å². The van der Waals surface area contributed by atoms with Crippen molar-refractivity contribution in [3.8, 4) is 5.75 Å². The van der Waals surface area contributed by atoms with Gasteiger partial charge in [-0.2, -0.15) is 0 Å². The molecule has 11 heteroatoms. The van der Waals surface area contributed by atoms with Gasteiger partial charge >= 0.3 is 6.09 Å². The van der Waals surface area contributed by atoms with E-state index < -0.39 is 41.9 Å².